The molecule has 0 N–H and O–H groups in total. The number of unbranched alkanes of at least 4 members (excludes halogenated alkanes) is 3. The van der Waals surface area contributed by atoms with E-state index in [2.05, 4.69) is 0 Å². The zero-order chi connectivity index (χ0) is 8.95. The van der Waals surface area contributed by atoms with Crippen molar-refractivity contribution in [2.24, 2.45) is 0 Å². The maximum atomic E-state index is 8.50. The summed E-state index contributed by atoms with van der Waals surface area (Å²) in [5.41, 5.74) is 0. The Labute approximate surface area is 98.3 Å². The number of nitriles is 2. The summed E-state index contributed by atoms with van der Waals surface area (Å²) in [7, 11) is 0. The Bertz CT molecular complexity index is 178. The normalized spacial score (nSPS) is 5.38. The van der Waals surface area contributed by atoms with Gasteiger partial charge in [-0.3, -0.25) is 0 Å². The van der Waals surface area contributed by atoms with Crippen molar-refractivity contribution in [3.8, 4) is 12.1 Å². The van der Waals surface area contributed by atoms with E-state index in [0.29, 0.717) is 12.8 Å². The van der Waals surface area contributed by atoms with Crippen molar-refractivity contribution in [3.05, 3.63) is 0 Å². The van der Waals surface area contributed by atoms with Crippen LogP contribution in [0.4, 0.5) is 0 Å². The molecule has 0 fully saturated rings. The zero-order valence-electron chi connectivity index (χ0n) is 6.76. The fourth-order valence-electron chi connectivity index (χ4n) is 0.408. The monoisotopic (exact) mass is 310 g/mol. The minimum absolute atomic E-state index is 0. The van der Waals surface area contributed by atoms with Crippen LogP contribution in [-0.2, 0) is 25.3 Å². The van der Waals surface area contributed by atoms with Gasteiger partial charge in [0.15, 0.2) is 0 Å². The van der Waals surface area contributed by atoms with E-state index >= 15 is 0 Å². The molecule has 0 aliphatic carbocycles. The average Bonchev–Trinajstić information content (AvgIpc) is 2.00. The molecule has 0 saturated carbocycles. The van der Waals surface area contributed by atoms with Crippen molar-refractivity contribution in [2.75, 3.05) is 0 Å². The molecule has 0 aliphatic rings. The van der Waals surface area contributed by atoms with Gasteiger partial charge in [0.2, 0.25) is 0 Å². The van der Waals surface area contributed by atoms with E-state index in [1.54, 1.807) is 0 Å². The summed E-state index contributed by atoms with van der Waals surface area (Å²) in [5, 5.41) is 16.1. The fraction of sp³-hybridized carbons (Fsp3) is 0.667. The van der Waals surface area contributed by atoms with Crippen molar-refractivity contribution in [1.82, 2.24) is 0 Å². The van der Waals surface area contributed by atoms with Crippen LogP contribution in [0.1, 0.15) is 25.7 Å². The van der Waals surface area contributed by atoms with Gasteiger partial charge in [-0.25, -0.2) is 0 Å². The third-order valence-electron chi connectivity index (χ3n) is 0.827. The van der Waals surface area contributed by atoms with Crippen molar-refractivity contribution in [1.29, 1.82) is 10.5 Å². The molecular formula is C6H10Cl2MoN2O2. The van der Waals surface area contributed by atoms with Gasteiger partial charge in [-0.05, 0) is 12.8 Å². The second-order valence-corrected chi connectivity index (χ2v) is 1.93. The third kappa shape index (κ3) is 48.9. The van der Waals surface area contributed by atoms with Crippen molar-refractivity contribution < 1.29 is 25.3 Å². The minimum atomic E-state index is -2.03. The van der Waals surface area contributed by atoms with E-state index in [0.717, 1.165) is 12.8 Å². The Morgan fingerprint density at radius 3 is 1.31 bits per heavy atom. The molecule has 4 nitrogen and oxygen atoms in total. The predicted molar refractivity (Wildman–Crippen MR) is 45.6 cm³/mol. The maximum absolute atomic E-state index is 8.50. The van der Waals surface area contributed by atoms with E-state index < -0.39 is 18.5 Å². The Kier molecular flexibility index (Phi) is 52.7. The molecular weight excluding hydrogens is 299 g/mol. The van der Waals surface area contributed by atoms with Gasteiger partial charge >= 0.3 is 25.3 Å². The summed E-state index contributed by atoms with van der Waals surface area (Å²) in [6.45, 7) is 0. The molecule has 0 amide bonds. The fourth-order valence-corrected chi connectivity index (χ4v) is 0.408. The Balaban J connectivity index is -0.0000000720. The SMILES string of the molecule is Cl.Cl.N#CCCCCC#N.[O]=[Mo]=[O]. The first-order valence-corrected chi connectivity index (χ1v) is 4.63. The van der Waals surface area contributed by atoms with Crippen LogP contribution in [-0.4, -0.2) is 0 Å². The molecule has 76 valence electrons. The quantitative estimate of drug-likeness (QED) is 0.591. The van der Waals surface area contributed by atoms with Crippen LogP contribution >= 0.6 is 24.8 Å². The molecule has 0 radical (unpaired) electrons. The van der Waals surface area contributed by atoms with Crippen molar-refractivity contribution >= 4 is 24.8 Å². The predicted octanol–water partition coefficient (Wildman–Crippen LogP) is 2.20. The Morgan fingerprint density at radius 1 is 0.923 bits per heavy atom. The molecule has 0 aromatic rings. The summed E-state index contributed by atoms with van der Waals surface area (Å²) in [4.78, 5) is 0. The standard InChI is InChI=1S/C6H8N2.2ClH.Mo.2O/c7-5-3-1-2-4-6-8;;;;;/h1-4H2;2*1H;;;. The molecule has 7 heteroatoms. The Hall–Kier alpha value is -0.152. The van der Waals surface area contributed by atoms with E-state index in [1.807, 2.05) is 12.1 Å². The van der Waals surface area contributed by atoms with Crippen LogP contribution < -0.4 is 0 Å². The third-order valence-corrected chi connectivity index (χ3v) is 0.827. The van der Waals surface area contributed by atoms with Gasteiger partial charge in [0, 0.05) is 12.8 Å². The molecule has 0 heterocycles. The van der Waals surface area contributed by atoms with Crippen molar-refractivity contribution in [3.63, 3.8) is 0 Å². The molecule has 0 spiro atoms. The molecule has 0 aromatic heterocycles. The Morgan fingerprint density at radius 2 is 1.15 bits per heavy atom. The van der Waals surface area contributed by atoms with Gasteiger partial charge in [-0.2, -0.15) is 10.5 Å². The summed E-state index contributed by atoms with van der Waals surface area (Å²) >= 11 is -2.03. The summed E-state index contributed by atoms with van der Waals surface area (Å²) in [6.07, 6.45) is 2.90. The van der Waals surface area contributed by atoms with Crippen LogP contribution in [0.3, 0.4) is 0 Å². The number of halogens is 2. The molecule has 0 saturated heterocycles. The second kappa shape index (κ2) is 29.7. The topological polar surface area (TPSA) is 81.7 Å². The van der Waals surface area contributed by atoms with Crippen LogP contribution in [0, 0.1) is 22.7 Å². The van der Waals surface area contributed by atoms with Crippen LogP contribution in [0.15, 0.2) is 0 Å². The van der Waals surface area contributed by atoms with Crippen LogP contribution in [0.5, 0.6) is 0 Å². The van der Waals surface area contributed by atoms with E-state index in [-0.39, 0.29) is 24.8 Å². The molecule has 13 heavy (non-hydrogen) atoms. The van der Waals surface area contributed by atoms with Crippen LogP contribution in [0.25, 0.3) is 0 Å². The van der Waals surface area contributed by atoms with E-state index in [1.165, 1.54) is 0 Å². The zero-order valence-corrected chi connectivity index (χ0v) is 10.4. The molecule has 0 aromatic carbocycles. The first kappa shape index (κ1) is 23.0. The average molecular weight is 309 g/mol. The number of hydrogen-bond acceptors (Lipinski definition) is 4. The number of rotatable bonds is 3. The van der Waals surface area contributed by atoms with E-state index in [9.17, 15) is 0 Å². The van der Waals surface area contributed by atoms with Gasteiger partial charge in [0.05, 0.1) is 12.1 Å². The van der Waals surface area contributed by atoms with Crippen LogP contribution in [0.2, 0.25) is 0 Å². The summed E-state index contributed by atoms with van der Waals surface area (Å²) in [6, 6.07) is 4.03. The van der Waals surface area contributed by atoms with Gasteiger partial charge in [-0.15, -0.1) is 24.8 Å². The second-order valence-electron chi connectivity index (χ2n) is 1.59. The van der Waals surface area contributed by atoms with Gasteiger partial charge < -0.3 is 0 Å². The van der Waals surface area contributed by atoms with E-state index in [4.69, 9.17) is 17.3 Å². The molecule has 0 aliphatic heterocycles. The van der Waals surface area contributed by atoms with Gasteiger partial charge in [-0.1, -0.05) is 0 Å². The molecule has 0 rings (SSSR count). The number of nitrogens with zero attached hydrogens (tertiary/aromatic N) is 2. The molecule has 0 atom stereocenters. The first-order chi connectivity index (χ1) is 5.33. The molecule has 0 unspecified atom stereocenters. The van der Waals surface area contributed by atoms with Crippen molar-refractivity contribution in [2.45, 2.75) is 25.7 Å². The van der Waals surface area contributed by atoms with Gasteiger partial charge in [0.25, 0.3) is 0 Å². The first-order valence-electron chi connectivity index (χ1n) is 2.99. The summed E-state index contributed by atoms with van der Waals surface area (Å²) < 4.78 is 17.0. The van der Waals surface area contributed by atoms with Gasteiger partial charge in [0.1, 0.15) is 0 Å². The molecule has 0 bridgehead atoms. The summed E-state index contributed by atoms with van der Waals surface area (Å²) in [5.74, 6) is 0. The number of hydrogen-bond donors (Lipinski definition) is 0.